The quantitative estimate of drug-likeness (QED) is 0.802. The van der Waals surface area contributed by atoms with Gasteiger partial charge in [-0.2, -0.15) is 0 Å². The van der Waals surface area contributed by atoms with Crippen LogP contribution in [0.2, 0.25) is 0 Å². The van der Waals surface area contributed by atoms with E-state index in [1.54, 1.807) is 4.90 Å². The fraction of sp³-hybridized carbons (Fsp3) is 0.308. The predicted molar refractivity (Wildman–Crippen MR) is 64.8 cm³/mol. The second-order valence-corrected chi connectivity index (χ2v) is 4.21. The number of aldehydes is 1. The zero-order valence-electron chi connectivity index (χ0n) is 9.89. The van der Waals surface area contributed by atoms with Crippen molar-refractivity contribution >= 4 is 18.2 Å². The van der Waals surface area contributed by atoms with Crippen LogP contribution in [0.4, 0.5) is 4.79 Å². The Bertz CT molecular complexity index is 468. The first kappa shape index (κ1) is 12.3. The topological polar surface area (TPSA) is 66.5 Å². The van der Waals surface area contributed by atoms with Crippen molar-refractivity contribution in [3.8, 4) is 0 Å². The number of carbonyl (C=O) groups is 3. The van der Waals surface area contributed by atoms with Crippen LogP contribution < -0.4 is 5.32 Å². The molecule has 18 heavy (non-hydrogen) atoms. The summed E-state index contributed by atoms with van der Waals surface area (Å²) >= 11 is 0. The van der Waals surface area contributed by atoms with E-state index in [-0.39, 0.29) is 11.9 Å². The lowest BCUT2D eigenvalue weighted by Crippen LogP contribution is -2.48. The van der Waals surface area contributed by atoms with Gasteiger partial charge in [-0.25, -0.2) is 4.79 Å². The summed E-state index contributed by atoms with van der Waals surface area (Å²) < 4.78 is 0. The van der Waals surface area contributed by atoms with Gasteiger partial charge in [0.2, 0.25) is 5.91 Å². The van der Waals surface area contributed by atoms with Crippen LogP contribution in [-0.4, -0.2) is 29.7 Å². The van der Waals surface area contributed by atoms with Gasteiger partial charge in [-0.15, -0.1) is 0 Å². The van der Waals surface area contributed by atoms with Crippen molar-refractivity contribution in [1.29, 1.82) is 0 Å². The summed E-state index contributed by atoms with van der Waals surface area (Å²) in [5, 5.41) is 2.28. The molecule has 1 aromatic rings. The number of hydrogen-bond donors (Lipinski definition) is 1. The molecule has 1 heterocycles. The highest BCUT2D eigenvalue weighted by Crippen LogP contribution is 2.10. The summed E-state index contributed by atoms with van der Waals surface area (Å²) in [6.07, 6.45) is 1.60. The Hall–Kier alpha value is -2.17. The zero-order valence-corrected chi connectivity index (χ0v) is 9.89. The molecule has 2 rings (SSSR count). The molecular formula is C13H14N2O3. The largest absolute Gasteiger partial charge is 0.324 e. The summed E-state index contributed by atoms with van der Waals surface area (Å²) in [5.41, 5.74) is 1.93. The highest BCUT2D eigenvalue weighted by molar-refractivity contribution is 5.96. The first-order valence-corrected chi connectivity index (χ1v) is 5.79. The number of rotatable bonds is 4. The molecule has 1 N–H and O–H groups in total. The van der Waals surface area contributed by atoms with Crippen molar-refractivity contribution in [2.45, 2.75) is 19.4 Å². The van der Waals surface area contributed by atoms with Crippen molar-refractivity contribution in [2.75, 3.05) is 6.54 Å². The molecule has 0 radical (unpaired) electrons. The van der Waals surface area contributed by atoms with Crippen LogP contribution >= 0.6 is 0 Å². The molecule has 0 saturated carbocycles. The minimum absolute atomic E-state index is 0.224. The molecule has 1 saturated heterocycles. The van der Waals surface area contributed by atoms with Gasteiger partial charge >= 0.3 is 6.03 Å². The maximum atomic E-state index is 11.5. The van der Waals surface area contributed by atoms with E-state index in [2.05, 4.69) is 5.32 Å². The van der Waals surface area contributed by atoms with E-state index < -0.39 is 0 Å². The molecular weight excluding hydrogens is 232 g/mol. The molecule has 0 spiro atoms. The number of nitrogens with one attached hydrogen (secondary N) is 1. The van der Waals surface area contributed by atoms with E-state index in [1.165, 1.54) is 0 Å². The first-order valence-electron chi connectivity index (χ1n) is 5.79. The van der Waals surface area contributed by atoms with Crippen molar-refractivity contribution < 1.29 is 14.4 Å². The molecule has 94 valence electrons. The molecule has 1 aliphatic heterocycles. The van der Waals surface area contributed by atoms with Gasteiger partial charge in [0.1, 0.15) is 6.29 Å². The highest BCUT2D eigenvalue weighted by Gasteiger charge is 2.22. The average molecular weight is 246 g/mol. The summed E-state index contributed by atoms with van der Waals surface area (Å²) in [7, 11) is 0. The predicted octanol–water partition coefficient (Wildman–Crippen LogP) is 0.870. The summed E-state index contributed by atoms with van der Waals surface area (Å²) in [6.45, 7) is 0.918. The fourth-order valence-corrected chi connectivity index (χ4v) is 1.85. The van der Waals surface area contributed by atoms with Crippen LogP contribution in [0.3, 0.4) is 0 Å². The summed E-state index contributed by atoms with van der Waals surface area (Å²) in [5.74, 6) is -0.224. The monoisotopic (exact) mass is 246 g/mol. The van der Waals surface area contributed by atoms with Gasteiger partial charge in [0.15, 0.2) is 0 Å². The normalized spacial score (nSPS) is 15.4. The standard InChI is InChI=1S/C13H14N2O3/c16-8-6-10-1-3-11(4-2-10)9-15-7-5-12(17)14-13(15)18/h1-4,8H,5-7,9H2,(H,14,17,18). The Morgan fingerprint density at radius 2 is 1.83 bits per heavy atom. The van der Waals surface area contributed by atoms with Crippen molar-refractivity contribution in [1.82, 2.24) is 10.2 Å². The number of nitrogens with zero attached hydrogens (tertiary/aromatic N) is 1. The van der Waals surface area contributed by atoms with Gasteiger partial charge in [-0.3, -0.25) is 10.1 Å². The average Bonchev–Trinajstić information content (AvgIpc) is 2.35. The van der Waals surface area contributed by atoms with E-state index in [4.69, 9.17) is 0 Å². The maximum absolute atomic E-state index is 11.5. The minimum Gasteiger partial charge on any atom is -0.320 e. The van der Waals surface area contributed by atoms with Gasteiger partial charge in [-0.1, -0.05) is 24.3 Å². The zero-order chi connectivity index (χ0) is 13.0. The second-order valence-electron chi connectivity index (χ2n) is 4.21. The third-order valence-corrected chi connectivity index (χ3v) is 2.86. The Labute approximate surface area is 105 Å². The van der Waals surface area contributed by atoms with E-state index in [9.17, 15) is 14.4 Å². The van der Waals surface area contributed by atoms with Crippen LogP contribution in [-0.2, 0) is 22.6 Å². The molecule has 5 heteroatoms. The third kappa shape index (κ3) is 2.94. The molecule has 0 unspecified atom stereocenters. The molecule has 0 bridgehead atoms. The summed E-state index contributed by atoms with van der Waals surface area (Å²) in [6, 6.07) is 7.18. The molecule has 3 amide bonds. The molecule has 0 aromatic heterocycles. The Kier molecular flexibility index (Phi) is 3.72. The molecule has 1 fully saturated rings. The SMILES string of the molecule is O=CCc1ccc(CN2CCC(=O)NC2=O)cc1. The number of urea groups is 1. The summed E-state index contributed by atoms with van der Waals surface area (Å²) in [4.78, 5) is 34.5. The van der Waals surface area contributed by atoms with Gasteiger partial charge in [0, 0.05) is 25.9 Å². The molecule has 1 aliphatic rings. The van der Waals surface area contributed by atoms with Gasteiger partial charge < -0.3 is 9.69 Å². The number of benzene rings is 1. The number of hydrogen-bond acceptors (Lipinski definition) is 3. The molecule has 0 atom stereocenters. The van der Waals surface area contributed by atoms with E-state index >= 15 is 0 Å². The highest BCUT2D eigenvalue weighted by atomic mass is 16.2. The third-order valence-electron chi connectivity index (χ3n) is 2.86. The number of imide groups is 1. The lowest BCUT2D eigenvalue weighted by atomic mass is 10.1. The minimum atomic E-state index is -0.344. The van der Waals surface area contributed by atoms with Gasteiger partial charge in [0.25, 0.3) is 0 Å². The number of carbonyl (C=O) groups excluding carboxylic acids is 3. The van der Waals surface area contributed by atoms with Crippen LogP contribution in [0.25, 0.3) is 0 Å². The van der Waals surface area contributed by atoms with Crippen LogP contribution in [0.5, 0.6) is 0 Å². The Balaban J connectivity index is 1.98. The van der Waals surface area contributed by atoms with Crippen LogP contribution in [0, 0.1) is 0 Å². The Morgan fingerprint density at radius 1 is 1.17 bits per heavy atom. The molecule has 0 aliphatic carbocycles. The number of amides is 3. The Morgan fingerprint density at radius 3 is 2.44 bits per heavy atom. The lowest BCUT2D eigenvalue weighted by molar-refractivity contribution is -0.121. The fourth-order valence-electron chi connectivity index (χ4n) is 1.85. The van der Waals surface area contributed by atoms with Crippen molar-refractivity contribution in [3.63, 3.8) is 0 Å². The van der Waals surface area contributed by atoms with E-state index in [0.29, 0.717) is 25.9 Å². The second kappa shape index (κ2) is 5.44. The van der Waals surface area contributed by atoms with Crippen LogP contribution in [0.1, 0.15) is 17.5 Å². The van der Waals surface area contributed by atoms with Crippen LogP contribution in [0.15, 0.2) is 24.3 Å². The maximum Gasteiger partial charge on any atom is 0.324 e. The van der Waals surface area contributed by atoms with Gasteiger partial charge in [-0.05, 0) is 11.1 Å². The van der Waals surface area contributed by atoms with E-state index in [0.717, 1.165) is 17.4 Å². The lowest BCUT2D eigenvalue weighted by Gasteiger charge is -2.26. The van der Waals surface area contributed by atoms with E-state index in [1.807, 2.05) is 24.3 Å². The van der Waals surface area contributed by atoms with Gasteiger partial charge in [0.05, 0.1) is 0 Å². The van der Waals surface area contributed by atoms with Crippen molar-refractivity contribution in [2.24, 2.45) is 0 Å². The molecule has 1 aromatic carbocycles. The van der Waals surface area contributed by atoms with Crippen molar-refractivity contribution in [3.05, 3.63) is 35.4 Å². The first-order chi connectivity index (χ1) is 8.69. The smallest absolute Gasteiger partial charge is 0.320 e. The molecule has 5 nitrogen and oxygen atoms in total.